The average molecular weight is 428 g/mol. The fourth-order valence-electron chi connectivity index (χ4n) is 1.73. The van der Waals surface area contributed by atoms with Crippen LogP contribution in [0, 0.1) is 0 Å². The number of nitrogens with one attached hydrogen (secondary N) is 3. The number of nitrogens with zero attached hydrogens (tertiary/aromatic N) is 1. The number of amides is 1. The van der Waals surface area contributed by atoms with Gasteiger partial charge in [0.25, 0.3) is 0 Å². The highest BCUT2D eigenvalue weighted by atomic mass is 127. The van der Waals surface area contributed by atoms with Crippen LogP contribution in [0.4, 0.5) is 4.79 Å². The molecule has 132 valence electrons. The molecule has 0 aromatic heterocycles. The first kappa shape index (κ1) is 23.5. The molecular weight excluding hydrogens is 395 g/mol. The Kier molecular flexibility index (Phi) is 13.7. The van der Waals surface area contributed by atoms with Crippen LogP contribution < -0.4 is 16.0 Å². The van der Waals surface area contributed by atoms with Crippen molar-refractivity contribution in [1.82, 2.24) is 16.0 Å². The Morgan fingerprint density at radius 3 is 2.27 bits per heavy atom. The number of hydrogen-bond acceptors (Lipinski definition) is 3. The van der Waals surface area contributed by atoms with E-state index >= 15 is 0 Å². The van der Waals surface area contributed by atoms with Crippen molar-refractivity contribution in [2.24, 2.45) is 4.99 Å². The lowest BCUT2D eigenvalue weighted by atomic mass is 10.1. The van der Waals surface area contributed by atoms with Crippen LogP contribution in [0.2, 0.25) is 0 Å². The van der Waals surface area contributed by atoms with Crippen LogP contribution in [0.3, 0.4) is 0 Å². The molecule has 0 rings (SSSR count). The van der Waals surface area contributed by atoms with E-state index in [9.17, 15) is 4.79 Å². The van der Waals surface area contributed by atoms with Gasteiger partial charge >= 0.3 is 6.09 Å². The Balaban J connectivity index is 0. The van der Waals surface area contributed by atoms with E-state index in [1.165, 1.54) is 0 Å². The second kappa shape index (κ2) is 12.8. The summed E-state index contributed by atoms with van der Waals surface area (Å²) in [6.45, 7) is 11.3. The number of carbonyl (C=O) groups is 1. The molecule has 0 aliphatic rings. The minimum Gasteiger partial charge on any atom is -0.444 e. The van der Waals surface area contributed by atoms with E-state index in [2.05, 4.69) is 34.8 Å². The summed E-state index contributed by atoms with van der Waals surface area (Å²) < 4.78 is 5.29. The molecule has 1 unspecified atom stereocenters. The van der Waals surface area contributed by atoms with Crippen molar-refractivity contribution in [3.05, 3.63) is 0 Å². The van der Waals surface area contributed by atoms with E-state index in [1.54, 1.807) is 7.05 Å². The second-order valence-corrected chi connectivity index (χ2v) is 6.01. The van der Waals surface area contributed by atoms with Crippen molar-refractivity contribution in [3.8, 4) is 0 Å². The molecule has 1 amide bonds. The van der Waals surface area contributed by atoms with E-state index in [4.69, 9.17) is 4.74 Å². The minimum absolute atomic E-state index is 0. The van der Waals surface area contributed by atoms with E-state index in [0.717, 1.165) is 31.8 Å². The summed E-state index contributed by atoms with van der Waals surface area (Å²) in [5.41, 5.74) is -0.479. The molecular formula is C15H33IN4O2. The van der Waals surface area contributed by atoms with E-state index in [1.807, 2.05) is 20.8 Å². The van der Waals surface area contributed by atoms with E-state index < -0.39 is 5.60 Å². The number of aliphatic imine (C=N–C) groups is 1. The lowest BCUT2D eigenvalue weighted by molar-refractivity contribution is 0.0502. The van der Waals surface area contributed by atoms with Crippen LogP contribution in [-0.4, -0.2) is 43.8 Å². The lowest BCUT2D eigenvalue weighted by Gasteiger charge is -2.24. The number of hydrogen-bond donors (Lipinski definition) is 3. The highest BCUT2D eigenvalue weighted by Crippen LogP contribution is 2.07. The molecule has 22 heavy (non-hydrogen) atoms. The summed E-state index contributed by atoms with van der Waals surface area (Å²) in [4.78, 5) is 16.0. The highest BCUT2D eigenvalue weighted by molar-refractivity contribution is 14.0. The molecule has 0 spiro atoms. The second-order valence-electron chi connectivity index (χ2n) is 6.01. The van der Waals surface area contributed by atoms with Gasteiger partial charge in [-0.15, -0.1) is 24.0 Å². The molecule has 3 N–H and O–H groups in total. The van der Waals surface area contributed by atoms with Crippen LogP contribution in [0.25, 0.3) is 0 Å². The molecule has 6 nitrogen and oxygen atoms in total. The van der Waals surface area contributed by atoms with Crippen molar-refractivity contribution in [3.63, 3.8) is 0 Å². The van der Waals surface area contributed by atoms with Crippen molar-refractivity contribution in [1.29, 1.82) is 0 Å². The van der Waals surface area contributed by atoms with Crippen molar-refractivity contribution in [2.45, 2.75) is 65.5 Å². The third-order valence-electron chi connectivity index (χ3n) is 2.64. The zero-order valence-electron chi connectivity index (χ0n) is 14.8. The Bertz CT molecular complexity index is 330. The molecule has 0 aromatic carbocycles. The van der Waals surface area contributed by atoms with Gasteiger partial charge in [0.05, 0.1) is 0 Å². The van der Waals surface area contributed by atoms with Gasteiger partial charge in [-0.1, -0.05) is 20.3 Å². The average Bonchev–Trinajstić information content (AvgIpc) is 2.36. The monoisotopic (exact) mass is 428 g/mol. The van der Waals surface area contributed by atoms with Crippen molar-refractivity contribution in [2.75, 3.05) is 20.1 Å². The zero-order valence-corrected chi connectivity index (χ0v) is 17.1. The molecule has 7 heteroatoms. The minimum atomic E-state index is -0.479. The van der Waals surface area contributed by atoms with Crippen molar-refractivity contribution >= 4 is 36.0 Å². The summed E-state index contributed by atoms with van der Waals surface area (Å²) in [6.07, 6.45) is 2.54. The number of alkyl carbamates (subject to hydrolysis) is 1. The molecule has 0 radical (unpaired) electrons. The van der Waals surface area contributed by atoms with Gasteiger partial charge in [0.2, 0.25) is 0 Å². The molecule has 0 aliphatic heterocycles. The fourth-order valence-corrected chi connectivity index (χ4v) is 1.73. The van der Waals surface area contributed by atoms with Crippen LogP contribution >= 0.6 is 24.0 Å². The van der Waals surface area contributed by atoms with Gasteiger partial charge in [0, 0.05) is 26.2 Å². The topological polar surface area (TPSA) is 74.8 Å². The number of carbonyl (C=O) groups excluding carboxylic acids is 1. The Hall–Kier alpha value is -0.730. The van der Waals surface area contributed by atoms with Gasteiger partial charge < -0.3 is 20.7 Å². The smallest absolute Gasteiger partial charge is 0.407 e. The maximum Gasteiger partial charge on any atom is 0.407 e. The summed E-state index contributed by atoms with van der Waals surface area (Å²) in [7, 11) is 1.74. The fraction of sp³-hybridized carbons (Fsp3) is 0.867. The van der Waals surface area contributed by atoms with E-state index in [-0.39, 0.29) is 36.1 Å². The third-order valence-corrected chi connectivity index (χ3v) is 2.64. The van der Waals surface area contributed by atoms with Crippen LogP contribution in [0.5, 0.6) is 0 Å². The molecule has 0 saturated carbocycles. The first-order valence-corrected chi connectivity index (χ1v) is 7.76. The number of ether oxygens (including phenoxy) is 1. The van der Waals surface area contributed by atoms with Gasteiger partial charge in [0.1, 0.15) is 5.60 Å². The largest absolute Gasteiger partial charge is 0.444 e. The Morgan fingerprint density at radius 2 is 1.82 bits per heavy atom. The van der Waals surface area contributed by atoms with Crippen molar-refractivity contribution < 1.29 is 9.53 Å². The lowest BCUT2D eigenvalue weighted by Crippen LogP contribution is -2.48. The standard InChI is InChI=1S/C15H32N4O2.HI/c1-7-9-12(19-14(20)21-15(3,4)5)11-18-13(16-6)17-10-8-2;/h12H,7-11H2,1-6H3,(H,19,20)(H2,16,17,18);1H. The normalized spacial score (nSPS) is 12.9. The molecule has 0 bridgehead atoms. The zero-order chi connectivity index (χ0) is 16.3. The van der Waals surface area contributed by atoms with E-state index in [0.29, 0.717) is 6.54 Å². The predicted octanol–water partition coefficient (Wildman–Crippen LogP) is 2.87. The Morgan fingerprint density at radius 1 is 1.18 bits per heavy atom. The van der Waals surface area contributed by atoms with Gasteiger partial charge in [-0.05, 0) is 33.6 Å². The molecule has 0 aromatic rings. The maximum atomic E-state index is 11.8. The molecule has 0 heterocycles. The van der Waals surface area contributed by atoms with Crippen LogP contribution in [0.15, 0.2) is 4.99 Å². The summed E-state index contributed by atoms with van der Waals surface area (Å²) >= 11 is 0. The van der Waals surface area contributed by atoms with Gasteiger partial charge in [-0.2, -0.15) is 0 Å². The summed E-state index contributed by atoms with van der Waals surface area (Å²) in [6, 6.07) is 0.0185. The number of guanidine groups is 1. The van der Waals surface area contributed by atoms with Gasteiger partial charge in [-0.25, -0.2) is 4.79 Å². The van der Waals surface area contributed by atoms with Crippen LogP contribution in [-0.2, 0) is 4.74 Å². The molecule has 0 aliphatic carbocycles. The summed E-state index contributed by atoms with van der Waals surface area (Å²) in [5.74, 6) is 0.754. The quantitative estimate of drug-likeness (QED) is 0.331. The first-order valence-electron chi connectivity index (χ1n) is 7.76. The van der Waals surface area contributed by atoms with Gasteiger partial charge in [-0.3, -0.25) is 4.99 Å². The molecule has 1 atom stereocenters. The number of rotatable bonds is 7. The Labute approximate surface area is 152 Å². The number of halogens is 1. The first-order chi connectivity index (χ1) is 9.82. The van der Waals surface area contributed by atoms with Crippen LogP contribution in [0.1, 0.15) is 53.9 Å². The third kappa shape index (κ3) is 13.0. The molecule has 0 saturated heterocycles. The maximum absolute atomic E-state index is 11.8. The highest BCUT2D eigenvalue weighted by Gasteiger charge is 2.19. The van der Waals surface area contributed by atoms with Gasteiger partial charge in [0.15, 0.2) is 5.96 Å². The predicted molar refractivity (Wildman–Crippen MR) is 103 cm³/mol. The SMILES string of the molecule is CCCNC(=NC)NCC(CCC)NC(=O)OC(C)(C)C.I. The molecule has 0 fully saturated rings. The summed E-state index contributed by atoms with van der Waals surface area (Å²) in [5, 5.41) is 9.33.